The van der Waals surface area contributed by atoms with E-state index in [-0.39, 0.29) is 38.1 Å². The third-order valence-electron chi connectivity index (χ3n) is 4.33. The van der Waals surface area contributed by atoms with Gasteiger partial charge in [-0.3, -0.25) is 9.59 Å². The summed E-state index contributed by atoms with van der Waals surface area (Å²) in [4.78, 5) is 29.3. The van der Waals surface area contributed by atoms with Crippen LogP contribution in [0, 0.1) is 0 Å². The van der Waals surface area contributed by atoms with Gasteiger partial charge in [0, 0.05) is 24.9 Å². The van der Waals surface area contributed by atoms with Gasteiger partial charge in [-0.2, -0.15) is 13.2 Å². The first kappa shape index (κ1) is 22.3. The summed E-state index contributed by atoms with van der Waals surface area (Å²) in [5, 5.41) is 2.50. The second-order valence-electron chi connectivity index (χ2n) is 6.59. The maximum absolute atomic E-state index is 12.6. The molecule has 1 aliphatic heterocycles. The molecule has 2 aromatic heterocycles. The molecule has 11 heteroatoms. The topological polar surface area (TPSA) is 93.9 Å². The van der Waals surface area contributed by atoms with Crippen LogP contribution in [0.3, 0.4) is 0 Å². The predicted octanol–water partition coefficient (Wildman–Crippen LogP) is 2.13. The zero-order valence-corrected chi connectivity index (χ0v) is 16.3. The largest absolute Gasteiger partial charge is 0.475 e. The minimum absolute atomic E-state index is 0.0143. The van der Waals surface area contributed by atoms with Crippen LogP contribution >= 0.6 is 0 Å². The Kier molecular flexibility index (Phi) is 7.29. The lowest BCUT2D eigenvalue weighted by molar-refractivity contribution is -0.140. The maximum Gasteiger partial charge on any atom is 0.417 e. The van der Waals surface area contributed by atoms with E-state index >= 15 is 0 Å². The zero-order valence-electron chi connectivity index (χ0n) is 16.3. The number of ether oxygens (including phenoxy) is 2. The number of halogens is 3. The van der Waals surface area contributed by atoms with E-state index in [0.29, 0.717) is 18.5 Å². The molecule has 2 amide bonds. The summed E-state index contributed by atoms with van der Waals surface area (Å²) >= 11 is 0. The van der Waals surface area contributed by atoms with E-state index in [2.05, 4.69) is 10.3 Å². The third kappa shape index (κ3) is 6.85. The molecule has 0 bridgehead atoms. The Morgan fingerprint density at radius 2 is 2.16 bits per heavy atom. The van der Waals surface area contributed by atoms with Gasteiger partial charge in [0.2, 0.25) is 17.7 Å². The minimum Gasteiger partial charge on any atom is -0.475 e. The normalized spacial score (nSPS) is 17.0. The molecule has 1 aliphatic rings. The van der Waals surface area contributed by atoms with Crippen molar-refractivity contribution in [3.63, 3.8) is 0 Å². The Balaban J connectivity index is 1.42. The Morgan fingerprint density at radius 1 is 1.32 bits per heavy atom. The van der Waals surface area contributed by atoms with Crippen molar-refractivity contribution in [2.24, 2.45) is 0 Å². The van der Waals surface area contributed by atoms with Gasteiger partial charge in [-0.05, 0) is 24.3 Å². The van der Waals surface area contributed by atoms with Crippen molar-refractivity contribution >= 4 is 17.9 Å². The highest BCUT2D eigenvalue weighted by Crippen LogP contribution is 2.29. The highest BCUT2D eigenvalue weighted by molar-refractivity contribution is 5.94. The van der Waals surface area contributed by atoms with Crippen LogP contribution in [0.1, 0.15) is 11.3 Å². The first-order valence-corrected chi connectivity index (χ1v) is 9.36. The van der Waals surface area contributed by atoms with Crippen molar-refractivity contribution in [1.29, 1.82) is 0 Å². The summed E-state index contributed by atoms with van der Waals surface area (Å²) in [6.07, 6.45) is -0.0288. The highest BCUT2D eigenvalue weighted by atomic mass is 19.4. The number of carbonyl (C=O) groups is 2. The number of nitrogens with zero attached hydrogens (tertiary/aromatic N) is 2. The minimum atomic E-state index is -4.47. The van der Waals surface area contributed by atoms with E-state index in [9.17, 15) is 22.8 Å². The van der Waals surface area contributed by atoms with E-state index in [4.69, 9.17) is 13.9 Å². The van der Waals surface area contributed by atoms with Gasteiger partial charge in [0.15, 0.2) is 0 Å². The molecular weight excluding hydrogens is 419 g/mol. The van der Waals surface area contributed by atoms with Gasteiger partial charge < -0.3 is 24.1 Å². The number of hydrogen-bond acceptors (Lipinski definition) is 6. The number of morpholine rings is 1. The SMILES string of the molecule is O=C(/C=C\c1ccco1)NCC(=O)N1CCOC(COc2ccc(C(F)(F)F)cn2)C1. The fourth-order valence-electron chi connectivity index (χ4n) is 2.74. The summed E-state index contributed by atoms with van der Waals surface area (Å²) in [6, 6.07) is 5.38. The van der Waals surface area contributed by atoms with Gasteiger partial charge >= 0.3 is 6.18 Å². The molecule has 1 atom stereocenters. The molecule has 0 aromatic carbocycles. The number of amides is 2. The lowest BCUT2D eigenvalue weighted by Gasteiger charge is -2.32. The average Bonchev–Trinajstić information content (AvgIpc) is 3.28. The Labute approximate surface area is 175 Å². The maximum atomic E-state index is 12.6. The van der Waals surface area contributed by atoms with Crippen molar-refractivity contribution in [1.82, 2.24) is 15.2 Å². The molecule has 3 heterocycles. The van der Waals surface area contributed by atoms with Gasteiger partial charge in [-0.15, -0.1) is 0 Å². The van der Waals surface area contributed by atoms with Crippen molar-refractivity contribution in [3.8, 4) is 5.88 Å². The zero-order chi connectivity index (χ0) is 22.3. The standard InChI is InChI=1S/C20H20F3N3O5/c21-20(22,23)14-3-6-18(25-10-14)31-13-16-12-26(7-9-30-16)19(28)11-24-17(27)5-4-15-2-1-8-29-15/h1-6,8,10,16H,7,9,11-13H2,(H,24,27)/b5-4-. The molecule has 8 nitrogen and oxygen atoms in total. The Hall–Kier alpha value is -3.34. The van der Waals surface area contributed by atoms with Crippen molar-refractivity contribution in [2.45, 2.75) is 12.3 Å². The number of nitrogens with one attached hydrogen (secondary N) is 1. The van der Waals surface area contributed by atoms with Crippen LogP contribution < -0.4 is 10.1 Å². The van der Waals surface area contributed by atoms with Gasteiger partial charge in [0.1, 0.15) is 18.5 Å². The van der Waals surface area contributed by atoms with Crippen LogP contribution in [0.25, 0.3) is 6.08 Å². The summed E-state index contributed by atoms with van der Waals surface area (Å²) in [5.41, 5.74) is -0.869. The van der Waals surface area contributed by atoms with Crippen LogP contribution in [0.5, 0.6) is 5.88 Å². The van der Waals surface area contributed by atoms with Crippen LogP contribution in [-0.4, -0.2) is 60.7 Å². The lowest BCUT2D eigenvalue weighted by atomic mass is 10.2. The van der Waals surface area contributed by atoms with Crippen LogP contribution in [0.2, 0.25) is 0 Å². The van der Waals surface area contributed by atoms with Crippen molar-refractivity contribution < 1.29 is 36.7 Å². The molecule has 31 heavy (non-hydrogen) atoms. The molecular formula is C20H20F3N3O5. The predicted molar refractivity (Wildman–Crippen MR) is 102 cm³/mol. The van der Waals surface area contributed by atoms with E-state index in [1.807, 2.05) is 0 Å². The molecule has 1 unspecified atom stereocenters. The second-order valence-corrected chi connectivity index (χ2v) is 6.59. The average molecular weight is 439 g/mol. The summed E-state index contributed by atoms with van der Waals surface area (Å²) in [7, 11) is 0. The number of aromatic nitrogens is 1. The molecule has 1 saturated heterocycles. The monoisotopic (exact) mass is 439 g/mol. The summed E-state index contributed by atoms with van der Waals surface area (Å²) in [5.74, 6) is -0.192. The van der Waals surface area contributed by atoms with Crippen molar-refractivity contribution in [2.75, 3.05) is 32.8 Å². The number of furan rings is 1. The molecule has 0 radical (unpaired) electrons. The fraction of sp³-hybridized carbons (Fsp3) is 0.350. The van der Waals surface area contributed by atoms with Gasteiger partial charge in [-0.1, -0.05) is 0 Å². The number of hydrogen-bond donors (Lipinski definition) is 1. The molecule has 0 aliphatic carbocycles. The van der Waals surface area contributed by atoms with Crippen molar-refractivity contribution in [3.05, 3.63) is 54.1 Å². The van der Waals surface area contributed by atoms with E-state index in [0.717, 1.165) is 12.1 Å². The van der Waals surface area contributed by atoms with Crippen LogP contribution in [0.4, 0.5) is 13.2 Å². The van der Waals surface area contributed by atoms with Crippen LogP contribution in [-0.2, 0) is 20.5 Å². The van der Waals surface area contributed by atoms with Gasteiger partial charge in [0.05, 0.1) is 31.5 Å². The first-order valence-electron chi connectivity index (χ1n) is 9.36. The quantitative estimate of drug-likeness (QED) is 0.665. The second kappa shape index (κ2) is 10.1. The first-order chi connectivity index (χ1) is 14.8. The van der Waals surface area contributed by atoms with Gasteiger partial charge in [-0.25, -0.2) is 4.98 Å². The van der Waals surface area contributed by atoms with E-state index in [1.165, 1.54) is 23.3 Å². The Bertz CT molecular complexity index is 898. The molecule has 3 rings (SSSR count). The highest BCUT2D eigenvalue weighted by Gasteiger charge is 2.31. The third-order valence-corrected chi connectivity index (χ3v) is 4.33. The summed E-state index contributed by atoms with van der Waals surface area (Å²) < 4.78 is 53.7. The fourth-order valence-corrected chi connectivity index (χ4v) is 2.74. The molecule has 1 N–H and O–H groups in total. The smallest absolute Gasteiger partial charge is 0.417 e. The number of pyridine rings is 1. The Morgan fingerprint density at radius 3 is 2.84 bits per heavy atom. The molecule has 0 spiro atoms. The molecule has 0 saturated carbocycles. The van der Waals surface area contributed by atoms with Gasteiger partial charge in [0.25, 0.3) is 0 Å². The number of alkyl halides is 3. The number of carbonyl (C=O) groups excluding carboxylic acids is 2. The lowest BCUT2D eigenvalue weighted by Crippen LogP contribution is -2.50. The van der Waals surface area contributed by atoms with E-state index < -0.39 is 23.8 Å². The van der Waals surface area contributed by atoms with Crippen LogP contribution in [0.15, 0.2) is 47.2 Å². The summed E-state index contributed by atoms with van der Waals surface area (Å²) in [6.45, 7) is 0.672. The molecule has 166 valence electrons. The van der Waals surface area contributed by atoms with E-state index in [1.54, 1.807) is 12.1 Å². The molecule has 2 aromatic rings. The number of rotatable bonds is 7. The molecule has 1 fully saturated rings.